The monoisotopic (exact) mass is 396 g/mol. The van der Waals surface area contributed by atoms with Crippen molar-refractivity contribution in [3.05, 3.63) is 53.3 Å². The largest absolute Gasteiger partial charge is 0.381 e. The van der Waals surface area contributed by atoms with Crippen LogP contribution in [0.2, 0.25) is 0 Å². The average Bonchev–Trinajstić information content (AvgIpc) is 3.34. The lowest BCUT2D eigenvalue weighted by Crippen LogP contribution is -2.38. The van der Waals surface area contributed by atoms with E-state index < -0.39 is 0 Å². The molecule has 1 atom stereocenters. The van der Waals surface area contributed by atoms with Crippen molar-refractivity contribution in [3.8, 4) is 0 Å². The zero-order valence-corrected chi connectivity index (χ0v) is 16.8. The molecule has 7 nitrogen and oxygen atoms in total. The third kappa shape index (κ3) is 4.34. The number of carbonyl (C=O) groups excluding carboxylic acids is 2. The summed E-state index contributed by atoms with van der Waals surface area (Å²) in [5, 5.41) is 7.63. The molecule has 2 fully saturated rings. The molecule has 1 unspecified atom stereocenters. The van der Waals surface area contributed by atoms with Gasteiger partial charge in [-0.15, -0.1) is 0 Å². The Bertz CT molecular complexity index is 858. The van der Waals surface area contributed by atoms with Gasteiger partial charge in [-0.1, -0.05) is 30.3 Å². The number of nitrogens with zero attached hydrogens (tertiary/aromatic N) is 3. The highest BCUT2D eigenvalue weighted by Crippen LogP contribution is 2.24. The molecular formula is C22H28N4O3. The minimum atomic E-state index is -0.253. The highest BCUT2D eigenvalue weighted by molar-refractivity contribution is 5.95. The number of aromatic nitrogens is 2. The molecule has 0 bridgehead atoms. The summed E-state index contributed by atoms with van der Waals surface area (Å²) in [5.41, 5.74) is 2.46. The van der Waals surface area contributed by atoms with Gasteiger partial charge in [0.2, 0.25) is 5.91 Å². The quantitative estimate of drug-likeness (QED) is 0.814. The summed E-state index contributed by atoms with van der Waals surface area (Å²) in [5.74, 6) is 0.00464. The van der Waals surface area contributed by atoms with Crippen LogP contribution in [0.3, 0.4) is 0 Å². The zero-order chi connectivity index (χ0) is 20.2. The predicted octanol–water partition coefficient (Wildman–Crippen LogP) is 2.64. The second-order valence-corrected chi connectivity index (χ2v) is 7.81. The van der Waals surface area contributed by atoms with Crippen LogP contribution in [-0.2, 0) is 9.53 Å². The molecule has 0 radical (unpaired) electrons. The van der Waals surface area contributed by atoms with Crippen LogP contribution in [0.15, 0.2) is 36.5 Å². The molecule has 2 saturated heterocycles. The van der Waals surface area contributed by atoms with E-state index >= 15 is 0 Å². The third-order valence-corrected chi connectivity index (χ3v) is 5.91. The van der Waals surface area contributed by atoms with E-state index in [0.29, 0.717) is 18.5 Å². The van der Waals surface area contributed by atoms with Crippen molar-refractivity contribution in [2.75, 3.05) is 26.3 Å². The van der Waals surface area contributed by atoms with E-state index in [0.717, 1.165) is 50.3 Å². The molecular weight excluding hydrogens is 368 g/mol. The maximum atomic E-state index is 13.1. The molecule has 2 aromatic rings. The molecule has 7 heteroatoms. The molecule has 4 rings (SSSR count). The third-order valence-electron chi connectivity index (χ3n) is 5.91. The maximum Gasteiger partial charge on any atom is 0.255 e. The van der Waals surface area contributed by atoms with Crippen molar-refractivity contribution < 1.29 is 14.3 Å². The standard InChI is InChI=1S/C22H28N4O3/c1-16-19(14-23-26(16)18-9-12-29-13-10-18)22(28)24-20(17-6-3-2-4-7-17)15-25-11-5-8-21(25)27/h2-4,6-7,14,18,20H,5,8-13,15H2,1H3,(H,24,28). The van der Waals surface area contributed by atoms with Crippen LogP contribution in [0.25, 0.3) is 0 Å². The van der Waals surface area contributed by atoms with E-state index in [9.17, 15) is 9.59 Å². The zero-order valence-electron chi connectivity index (χ0n) is 16.8. The number of ether oxygens (including phenoxy) is 1. The van der Waals surface area contributed by atoms with Gasteiger partial charge in [-0.25, -0.2) is 0 Å². The molecule has 3 heterocycles. The van der Waals surface area contributed by atoms with E-state index in [-0.39, 0.29) is 23.9 Å². The van der Waals surface area contributed by atoms with Gasteiger partial charge in [-0.2, -0.15) is 5.10 Å². The van der Waals surface area contributed by atoms with Crippen LogP contribution in [0.4, 0.5) is 0 Å². The number of benzene rings is 1. The van der Waals surface area contributed by atoms with E-state index in [2.05, 4.69) is 10.4 Å². The first-order valence-electron chi connectivity index (χ1n) is 10.4. The fraction of sp³-hybridized carbons (Fsp3) is 0.500. The summed E-state index contributed by atoms with van der Waals surface area (Å²) >= 11 is 0. The van der Waals surface area contributed by atoms with Crippen molar-refractivity contribution in [1.29, 1.82) is 0 Å². The van der Waals surface area contributed by atoms with Crippen LogP contribution in [0, 0.1) is 6.92 Å². The van der Waals surface area contributed by atoms with Crippen LogP contribution in [0.1, 0.15) is 59.4 Å². The molecule has 29 heavy (non-hydrogen) atoms. The Morgan fingerprint density at radius 2 is 2.03 bits per heavy atom. The Kier molecular flexibility index (Phi) is 5.94. The van der Waals surface area contributed by atoms with Gasteiger partial charge in [0.1, 0.15) is 0 Å². The lowest BCUT2D eigenvalue weighted by molar-refractivity contribution is -0.128. The predicted molar refractivity (Wildman–Crippen MR) is 109 cm³/mol. The molecule has 2 amide bonds. The smallest absolute Gasteiger partial charge is 0.255 e. The van der Waals surface area contributed by atoms with Crippen LogP contribution < -0.4 is 5.32 Å². The van der Waals surface area contributed by atoms with Crippen LogP contribution in [-0.4, -0.2) is 52.8 Å². The van der Waals surface area contributed by atoms with Crippen molar-refractivity contribution >= 4 is 11.8 Å². The second kappa shape index (κ2) is 8.78. The molecule has 1 aromatic heterocycles. The maximum absolute atomic E-state index is 13.1. The number of carbonyl (C=O) groups is 2. The van der Waals surface area contributed by atoms with Gasteiger partial charge in [0.25, 0.3) is 5.91 Å². The summed E-state index contributed by atoms with van der Waals surface area (Å²) in [6.45, 7) is 4.64. The van der Waals surface area contributed by atoms with Crippen molar-refractivity contribution in [2.45, 2.75) is 44.7 Å². The molecule has 1 aromatic carbocycles. The van der Waals surface area contributed by atoms with E-state index in [4.69, 9.17) is 4.74 Å². The highest BCUT2D eigenvalue weighted by Gasteiger charge is 2.27. The van der Waals surface area contributed by atoms with Crippen molar-refractivity contribution in [3.63, 3.8) is 0 Å². The number of amides is 2. The number of rotatable bonds is 6. The minimum absolute atomic E-state index is 0.152. The van der Waals surface area contributed by atoms with Gasteiger partial charge in [0, 0.05) is 38.4 Å². The van der Waals surface area contributed by atoms with Crippen LogP contribution in [0.5, 0.6) is 0 Å². The molecule has 0 aliphatic carbocycles. The molecule has 1 N–H and O–H groups in total. The second-order valence-electron chi connectivity index (χ2n) is 7.81. The first-order chi connectivity index (χ1) is 14.1. The summed E-state index contributed by atoms with van der Waals surface area (Å²) in [6, 6.07) is 9.86. The normalized spacial score (nSPS) is 18.8. The summed E-state index contributed by atoms with van der Waals surface area (Å²) in [6.07, 6.45) is 4.95. The van der Waals surface area contributed by atoms with Gasteiger partial charge >= 0.3 is 0 Å². The summed E-state index contributed by atoms with van der Waals surface area (Å²) in [4.78, 5) is 27.1. The fourth-order valence-corrected chi connectivity index (χ4v) is 4.22. The lowest BCUT2D eigenvalue weighted by Gasteiger charge is -2.25. The number of hydrogen-bond acceptors (Lipinski definition) is 4. The van der Waals surface area contributed by atoms with E-state index in [1.807, 2.05) is 46.8 Å². The fourth-order valence-electron chi connectivity index (χ4n) is 4.22. The van der Waals surface area contributed by atoms with Gasteiger partial charge in [0.05, 0.1) is 23.8 Å². The van der Waals surface area contributed by atoms with E-state index in [1.54, 1.807) is 6.20 Å². The Hall–Kier alpha value is -2.67. The van der Waals surface area contributed by atoms with Gasteiger partial charge in [-0.05, 0) is 31.7 Å². The van der Waals surface area contributed by atoms with Gasteiger partial charge in [-0.3, -0.25) is 14.3 Å². The van der Waals surface area contributed by atoms with E-state index in [1.165, 1.54) is 0 Å². The van der Waals surface area contributed by atoms with Gasteiger partial charge < -0.3 is 15.0 Å². The van der Waals surface area contributed by atoms with Crippen LogP contribution >= 0.6 is 0 Å². The molecule has 154 valence electrons. The van der Waals surface area contributed by atoms with Crippen molar-refractivity contribution in [2.24, 2.45) is 0 Å². The molecule has 2 aliphatic rings. The first kappa shape index (κ1) is 19.6. The van der Waals surface area contributed by atoms with Gasteiger partial charge in [0.15, 0.2) is 0 Å². The molecule has 0 saturated carbocycles. The summed E-state index contributed by atoms with van der Waals surface area (Å²) in [7, 11) is 0. The minimum Gasteiger partial charge on any atom is -0.381 e. The molecule has 2 aliphatic heterocycles. The summed E-state index contributed by atoms with van der Waals surface area (Å²) < 4.78 is 7.39. The molecule has 0 spiro atoms. The Morgan fingerprint density at radius 3 is 2.72 bits per heavy atom. The topological polar surface area (TPSA) is 76.5 Å². The highest BCUT2D eigenvalue weighted by atomic mass is 16.5. The average molecular weight is 396 g/mol. The Labute approximate surface area is 171 Å². The number of nitrogens with one attached hydrogen (secondary N) is 1. The Balaban J connectivity index is 1.52. The van der Waals surface area contributed by atoms with Crippen molar-refractivity contribution in [1.82, 2.24) is 20.0 Å². The Morgan fingerprint density at radius 1 is 1.28 bits per heavy atom. The lowest BCUT2D eigenvalue weighted by atomic mass is 10.1. The number of hydrogen-bond donors (Lipinski definition) is 1. The number of likely N-dealkylation sites (tertiary alicyclic amines) is 1. The SMILES string of the molecule is Cc1c(C(=O)NC(CN2CCCC2=O)c2ccccc2)cnn1C1CCOCC1. The first-order valence-corrected chi connectivity index (χ1v) is 10.4.